The van der Waals surface area contributed by atoms with Gasteiger partial charge in [-0.1, -0.05) is 12.1 Å². The molecule has 7 heteroatoms. The highest BCUT2D eigenvalue weighted by molar-refractivity contribution is 14.0. The van der Waals surface area contributed by atoms with Crippen molar-refractivity contribution in [1.29, 1.82) is 0 Å². The molecule has 17 heavy (non-hydrogen) atoms. The summed E-state index contributed by atoms with van der Waals surface area (Å²) in [6.07, 6.45) is 0. The lowest BCUT2D eigenvalue weighted by Gasteiger charge is -2.04. The minimum absolute atomic E-state index is 0. The van der Waals surface area contributed by atoms with E-state index < -0.39 is 11.7 Å². The van der Waals surface area contributed by atoms with E-state index in [1.54, 1.807) is 6.07 Å². The van der Waals surface area contributed by atoms with Gasteiger partial charge < -0.3 is 16.8 Å². The van der Waals surface area contributed by atoms with Crippen LogP contribution in [0.5, 0.6) is 0 Å². The molecule has 0 unspecified atom stereocenters. The van der Waals surface area contributed by atoms with E-state index in [1.807, 2.05) is 0 Å². The number of nitrogens with zero attached hydrogens (tertiary/aromatic N) is 1. The van der Waals surface area contributed by atoms with E-state index in [1.165, 1.54) is 18.2 Å². The lowest BCUT2D eigenvalue weighted by atomic mass is 10.2. The van der Waals surface area contributed by atoms with Gasteiger partial charge in [-0.2, -0.15) is 0 Å². The molecule has 0 radical (unpaired) electrons. The second kappa shape index (κ2) is 7.82. The molecule has 0 fully saturated rings. The molecular formula is C10H14FIN4O. The third-order valence-corrected chi connectivity index (χ3v) is 1.81. The average Bonchev–Trinajstić information content (AvgIpc) is 2.24. The first-order valence-corrected chi connectivity index (χ1v) is 4.69. The molecule has 0 aromatic heterocycles. The summed E-state index contributed by atoms with van der Waals surface area (Å²) in [6.45, 7) is 0.521. The summed E-state index contributed by atoms with van der Waals surface area (Å²) in [7, 11) is 0. The van der Waals surface area contributed by atoms with Crippen LogP contribution in [-0.4, -0.2) is 25.0 Å². The van der Waals surface area contributed by atoms with Crippen LogP contribution in [0.2, 0.25) is 0 Å². The van der Waals surface area contributed by atoms with Crippen molar-refractivity contribution >= 4 is 35.8 Å². The molecular weight excluding hydrogens is 338 g/mol. The van der Waals surface area contributed by atoms with E-state index in [0.29, 0.717) is 0 Å². The lowest BCUT2D eigenvalue weighted by Crippen LogP contribution is -2.29. The van der Waals surface area contributed by atoms with Gasteiger partial charge in [0.05, 0.1) is 12.1 Å². The molecule has 0 saturated carbocycles. The van der Waals surface area contributed by atoms with Gasteiger partial charge in [0, 0.05) is 6.54 Å². The molecule has 1 amide bonds. The summed E-state index contributed by atoms with van der Waals surface area (Å²) in [6, 6.07) is 5.75. The predicted octanol–water partition coefficient (Wildman–Crippen LogP) is 0.447. The van der Waals surface area contributed by atoms with E-state index in [9.17, 15) is 9.18 Å². The maximum absolute atomic E-state index is 13.1. The van der Waals surface area contributed by atoms with Crippen molar-refractivity contribution in [3.05, 3.63) is 35.6 Å². The van der Waals surface area contributed by atoms with Crippen molar-refractivity contribution in [2.45, 2.75) is 0 Å². The number of nitrogens with one attached hydrogen (secondary N) is 1. The molecule has 0 saturated heterocycles. The Labute approximate surface area is 115 Å². The van der Waals surface area contributed by atoms with Gasteiger partial charge in [0.25, 0.3) is 5.91 Å². The predicted molar refractivity (Wildman–Crippen MR) is 74.8 cm³/mol. The van der Waals surface area contributed by atoms with E-state index >= 15 is 0 Å². The van der Waals surface area contributed by atoms with Crippen LogP contribution in [0.1, 0.15) is 10.4 Å². The Morgan fingerprint density at radius 2 is 2.00 bits per heavy atom. The van der Waals surface area contributed by atoms with Crippen molar-refractivity contribution in [2.75, 3.05) is 13.1 Å². The highest BCUT2D eigenvalue weighted by Crippen LogP contribution is 2.05. The smallest absolute Gasteiger partial charge is 0.254 e. The highest BCUT2D eigenvalue weighted by atomic mass is 127. The number of carbonyl (C=O) groups is 1. The zero-order valence-electron chi connectivity index (χ0n) is 9.02. The van der Waals surface area contributed by atoms with Crippen molar-refractivity contribution in [1.82, 2.24) is 5.32 Å². The molecule has 1 aromatic rings. The summed E-state index contributed by atoms with van der Waals surface area (Å²) in [5.41, 5.74) is 10.2. The van der Waals surface area contributed by atoms with Gasteiger partial charge in [0.15, 0.2) is 5.96 Å². The molecule has 1 aromatic carbocycles. The average molecular weight is 352 g/mol. The number of aliphatic imine (C=N–C) groups is 1. The Morgan fingerprint density at radius 1 is 1.35 bits per heavy atom. The molecule has 0 bridgehead atoms. The van der Waals surface area contributed by atoms with Crippen LogP contribution in [0.3, 0.4) is 0 Å². The maximum atomic E-state index is 13.1. The van der Waals surface area contributed by atoms with Gasteiger partial charge >= 0.3 is 0 Å². The monoisotopic (exact) mass is 352 g/mol. The largest absolute Gasteiger partial charge is 0.370 e. The van der Waals surface area contributed by atoms with E-state index in [-0.39, 0.29) is 48.6 Å². The molecule has 0 aliphatic heterocycles. The standard InChI is InChI=1S/C10H13FN4O.HI/c11-8-4-2-1-3-7(8)9(16)14-5-6-15-10(12)13;/h1-4H,5-6H2,(H,14,16)(H4,12,13,15);1H. The number of benzene rings is 1. The fourth-order valence-electron chi connectivity index (χ4n) is 1.10. The first kappa shape index (κ1) is 15.6. The first-order valence-electron chi connectivity index (χ1n) is 4.69. The Balaban J connectivity index is 0.00000256. The maximum Gasteiger partial charge on any atom is 0.254 e. The molecule has 0 spiro atoms. The fourth-order valence-corrected chi connectivity index (χ4v) is 1.10. The SMILES string of the molecule is I.NC(N)=NCCNC(=O)c1ccccc1F. The zero-order valence-corrected chi connectivity index (χ0v) is 11.4. The second-order valence-electron chi connectivity index (χ2n) is 3.04. The summed E-state index contributed by atoms with van der Waals surface area (Å²) in [5, 5.41) is 2.50. The van der Waals surface area contributed by atoms with Crippen molar-refractivity contribution in [3.63, 3.8) is 0 Å². The molecule has 0 aliphatic rings. The molecule has 5 nitrogen and oxygen atoms in total. The summed E-state index contributed by atoms with van der Waals surface area (Å²) in [5.74, 6) is -1.08. The van der Waals surface area contributed by atoms with Crippen molar-refractivity contribution in [3.8, 4) is 0 Å². The van der Waals surface area contributed by atoms with Crippen LogP contribution in [0.15, 0.2) is 29.3 Å². The lowest BCUT2D eigenvalue weighted by molar-refractivity contribution is 0.0951. The van der Waals surface area contributed by atoms with E-state index in [2.05, 4.69) is 10.3 Å². The van der Waals surface area contributed by atoms with Crippen molar-refractivity contribution in [2.24, 2.45) is 16.5 Å². The third-order valence-electron chi connectivity index (χ3n) is 1.81. The van der Waals surface area contributed by atoms with Crippen LogP contribution in [0.4, 0.5) is 4.39 Å². The Hall–Kier alpha value is -1.38. The van der Waals surface area contributed by atoms with Gasteiger partial charge in [0.1, 0.15) is 5.82 Å². The topological polar surface area (TPSA) is 93.5 Å². The number of rotatable bonds is 4. The third kappa shape index (κ3) is 5.48. The van der Waals surface area contributed by atoms with Gasteiger partial charge in [-0.3, -0.25) is 9.79 Å². The molecule has 5 N–H and O–H groups in total. The molecule has 1 rings (SSSR count). The normalized spacial score (nSPS) is 9.00. The Bertz CT molecular complexity index is 407. The van der Waals surface area contributed by atoms with Gasteiger partial charge in [-0.25, -0.2) is 4.39 Å². The highest BCUT2D eigenvalue weighted by Gasteiger charge is 2.09. The van der Waals surface area contributed by atoms with Crippen LogP contribution in [-0.2, 0) is 0 Å². The number of hydrogen-bond acceptors (Lipinski definition) is 2. The Kier molecular flexibility index (Phi) is 7.19. The minimum Gasteiger partial charge on any atom is -0.370 e. The molecule has 94 valence electrons. The number of nitrogens with two attached hydrogens (primary N) is 2. The summed E-state index contributed by atoms with van der Waals surface area (Å²) in [4.78, 5) is 15.1. The molecule has 0 heterocycles. The van der Waals surface area contributed by atoms with Gasteiger partial charge in [-0.15, -0.1) is 24.0 Å². The zero-order chi connectivity index (χ0) is 12.0. The molecule has 0 atom stereocenters. The minimum atomic E-state index is -0.554. The Morgan fingerprint density at radius 3 is 2.59 bits per heavy atom. The number of hydrogen-bond donors (Lipinski definition) is 3. The summed E-state index contributed by atoms with van der Waals surface area (Å²) < 4.78 is 13.1. The number of halogens is 2. The van der Waals surface area contributed by atoms with Gasteiger partial charge in [0.2, 0.25) is 0 Å². The summed E-state index contributed by atoms with van der Waals surface area (Å²) >= 11 is 0. The van der Waals surface area contributed by atoms with Crippen LogP contribution < -0.4 is 16.8 Å². The van der Waals surface area contributed by atoms with E-state index in [4.69, 9.17) is 11.5 Å². The van der Waals surface area contributed by atoms with Crippen molar-refractivity contribution < 1.29 is 9.18 Å². The first-order chi connectivity index (χ1) is 7.61. The molecule has 0 aliphatic carbocycles. The fraction of sp³-hybridized carbons (Fsp3) is 0.200. The van der Waals surface area contributed by atoms with Crippen LogP contribution >= 0.6 is 24.0 Å². The second-order valence-corrected chi connectivity index (χ2v) is 3.04. The van der Waals surface area contributed by atoms with E-state index in [0.717, 1.165) is 0 Å². The number of guanidine groups is 1. The van der Waals surface area contributed by atoms with Crippen LogP contribution in [0, 0.1) is 5.82 Å². The van der Waals surface area contributed by atoms with Gasteiger partial charge in [-0.05, 0) is 12.1 Å². The van der Waals surface area contributed by atoms with Crippen LogP contribution in [0.25, 0.3) is 0 Å². The quantitative estimate of drug-likeness (QED) is 0.318. The number of amides is 1. The number of carbonyl (C=O) groups excluding carboxylic acids is 1.